The normalized spacial score (nSPS) is 13.9. The Balaban J connectivity index is 1.93. The van der Waals surface area contributed by atoms with E-state index in [1.54, 1.807) is 0 Å². The van der Waals surface area contributed by atoms with Gasteiger partial charge >= 0.3 is 6.18 Å². The molecule has 0 bridgehead atoms. The number of aromatic nitrogens is 2. The lowest BCUT2D eigenvalue weighted by Gasteiger charge is -2.24. The highest BCUT2D eigenvalue weighted by Crippen LogP contribution is 2.40. The molecule has 0 aliphatic carbocycles. The van der Waals surface area contributed by atoms with Crippen molar-refractivity contribution >= 4 is 23.4 Å². The first-order chi connectivity index (χ1) is 19.3. The first-order valence-electron chi connectivity index (χ1n) is 13.2. The lowest BCUT2D eigenvalue weighted by Crippen LogP contribution is -2.31. The van der Waals surface area contributed by atoms with Crippen molar-refractivity contribution in [3.63, 3.8) is 0 Å². The molecular weight excluding hydrogens is 561 g/mol. The summed E-state index contributed by atoms with van der Waals surface area (Å²) in [4.78, 5) is 28.5. The van der Waals surface area contributed by atoms with Gasteiger partial charge in [0.1, 0.15) is 11.6 Å². The number of amides is 2. The maximum Gasteiger partial charge on any atom is 0.425 e. The number of ether oxygens (including phenoxy) is 1. The van der Waals surface area contributed by atoms with Gasteiger partial charge in [0.15, 0.2) is 6.10 Å². The number of primary amides is 1. The van der Waals surface area contributed by atoms with Crippen LogP contribution in [-0.2, 0) is 17.8 Å². The summed E-state index contributed by atoms with van der Waals surface area (Å²) in [6.07, 6.45) is -4.36. The number of nitrogens with one attached hydrogen (secondary N) is 1. The molecule has 0 aliphatic heterocycles. The topological polar surface area (TPSA) is 119 Å². The maximum atomic E-state index is 13.1. The first-order valence-corrected chi connectivity index (χ1v) is 13.5. The number of aliphatic hydroxyl groups is 1. The Hall–Kier alpha value is -3.57. The summed E-state index contributed by atoms with van der Waals surface area (Å²) >= 11 is 6.52. The van der Waals surface area contributed by atoms with Gasteiger partial charge in [0, 0.05) is 37.4 Å². The number of carbonyl (C=O) groups excluding carboxylic acids is 2. The van der Waals surface area contributed by atoms with Gasteiger partial charge < -0.3 is 25.5 Å². The van der Waals surface area contributed by atoms with Crippen LogP contribution in [0.3, 0.4) is 0 Å². The van der Waals surface area contributed by atoms with Gasteiger partial charge in [-0.25, -0.2) is 4.98 Å². The van der Waals surface area contributed by atoms with E-state index < -0.39 is 24.1 Å². The lowest BCUT2D eigenvalue weighted by molar-refractivity contribution is -0.189. The number of aliphatic hydroxyl groups excluding tert-OH is 1. The zero-order valence-electron chi connectivity index (χ0n) is 23.3. The summed E-state index contributed by atoms with van der Waals surface area (Å²) in [5.41, 5.74) is 8.23. The Kier molecular flexibility index (Phi) is 10.4. The standard InChI is InChI=1S/C29H34ClF3N4O4/c1-5-37-15-23(36-28(37)16(2)35-18(4)39)20-8-6-19(7-9-20)14-21(12-13-38)25-22(27(34)40)10-11-24(26(25)30)41-17(3)29(31,32)33/h6-11,15-17,21,38H,5,12-14H2,1-4H3,(H2,34,40)(H,35,39). The second-order valence-corrected chi connectivity index (χ2v) is 10.2. The lowest BCUT2D eigenvalue weighted by atomic mass is 9.86. The second kappa shape index (κ2) is 13.4. The molecule has 0 saturated carbocycles. The summed E-state index contributed by atoms with van der Waals surface area (Å²) in [5, 5.41) is 12.5. The Morgan fingerprint density at radius 1 is 1.17 bits per heavy atom. The third-order valence-electron chi connectivity index (χ3n) is 6.75. The molecule has 0 spiro atoms. The molecule has 12 heteroatoms. The van der Waals surface area contributed by atoms with Gasteiger partial charge in [-0.15, -0.1) is 0 Å². The summed E-state index contributed by atoms with van der Waals surface area (Å²) in [7, 11) is 0. The number of hydrogen-bond acceptors (Lipinski definition) is 5. The highest BCUT2D eigenvalue weighted by atomic mass is 35.5. The van der Waals surface area contributed by atoms with Crippen LogP contribution in [0.2, 0.25) is 5.02 Å². The van der Waals surface area contributed by atoms with Crippen LogP contribution in [0.5, 0.6) is 5.75 Å². The van der Waals surface area contributed by atoms with Crippen LogP contribution in [0.25, 0.3) is 11.3 Å². The van der Waals surface area contributed by atoms with Crippen molar-refractivity contribution in [2.24, 2.45) is 5.73 Å². The monoisotopic (exact) mass is 594 g/mol. The quantitative estimate of drug-likeness (QED) is 0.254. The van der Waals surface area contributed by atoms with E-state index in [-0.39, 0.29) is 46.9 Å². The molecule has 0 saturated heterocycles. The van der Waals surface area contributed by atoms with E-state index in [0.29, 0.717) is 13.0 Å². The van der Waals surface area contributed by atoms with Crippen LogP contribution in [-0.4, -0.2) is 45.4 Å². The molecule has 3 aromatic rings. The molecule has 0 fully saturated rings. The number of rotatable bonds is 12. The highest BCUT2D eigenvalue weighted by molar-refractivity contribution is 6.33. The Morgan fingerprint density at radius 3 is 2.37 bits per heavy atom. The summed E-state index contributed by atoms with van der Waals surface area (Å²) < 4.78 is 46.4. The third kappa shape index (κ3) is 7.80. The van der Waals surface area contributed by atoms with Crippen LogP contribution in [0.15, 0.2) is 42.6 Å². The molecule has 4 N–H and O–H groups in total. The number of nitrogens with two attached hydrogens (primary N) is 1. The molecule has 1 heterocycles. The third-order valence-corrected chi connectivity index (χ3v) is 7.14. The van der Waals surface area contributed by atoms with E-state index >= 15 is 0 Å². The molecule has 3 atom stereocenters. The van der Waals surface area contributed by atoms with Crippen LogP contribution >= 0.6 is 11.6 Å². The van der Waals surface area contributed by atoms with Crippen LogP contribution in [0.1, 0.15) is 73.4 Å². The van der Waals surface area contributed by atoms with E-state index in [1.807, 2.05) is 48.9 Å². The van der Waals surface area contributed by atoms with Crippen molar-refractivity contribution in [2.75, 3.05) is 6.61 Å². The molecule has 0 aliphatic rings. The Morgan fingerprint density at radius 2 is 1.83 bits per heavy atom. The minimum Gasteiger partial charge on any atom is -0.480 e. The van der Waals surface area contributed by atoms with Crippen LogP contribution < -0.4 is 15.8 Å². The molecule has 2 amide bonds. The van der Waals surface area contributed by atoms with E-state index in [4.69, 9.17) is 27.1 Å². The van der Waals surface area contributed by atoms with E-state index in [0.717, 1.165) is 29.6 Å². The zero-order chi connectivity index (χ0) is 30.5. The van der Waals surface area contributed by atoms with Crippen LogP contribution in [0.4, 0.5) is 13.2 Å². The predicted molar refractivity (Wildman–Crippen MR) is 150 cm³/mol. The maximum absolute atomic E-state index is 13.1. The molecule has 222 valence electrons. The van der Waals surface area contributed by atoms with Gasteiger partial charge in [0.05, 0.1) is 16.8 Å². The molecule has 0 radical (unpaired) electrons. The molecule has 3 rings (SSSR count). The Labute approximate surface area is 241 Å². The fourth-order valence-corrected chi connectivity index (χ4v) is 5.04. The summed E-state index contributed by atoms with van der Waals surface area (Å²) in [6.45, 7) is 6.56. The number of alkyl halides is 3. The Bertz CT molecular complexity index is 1380. The van der Waals surface area contributed by atoms with Gasteiger partial charge in [-0.1, -0.05) is 35.9 Å². The van der Waals surface area contributed by atoms with Gasteiger partial charge in [-0.2, -0.15) is 13.2 Å². The molecule has 3 unspecified atom stereocenters. The summed E-state index contributed by atoms with van der Waals surface area (Å²) in [5.74, 6) is -1.01. The van der Waals surface area contributed by atoms with Crippen molar-refractivity contribution in [2.45, 2.75) is 71.3 Å². The van der Waals surface area contributed by atoms with Crippen molar-refractivity contribution in [3.8, 4) is 17.0 Å². The van der Waals surface area contributed by atoms with Crippen molar-refractivity contribution in [1.29, 1.82) is 0 Å². The van der Waals surface area contributed by atoms with E-state index in [2.05, 4.69) is 5.32 Å². The number of benzene rings is 2. The average molecular weight is 595 g/mol. The fourth-order valence-electron chi connectivity index (χ4n) is 4.67. The number of carbonyl (C=O) groups is 2. The smallest absolute Gasteiger partial charge is 0.425 e. The van der Waals surface area contributed by atoms with Crippen molar-refractivity contribution in [1.82, 2.24) is 14.9 Å². The molecule has 2 aromatic carbocycles. The zero-order valence-corrected chi connectivity index (χ0v) is 24.0. The van der Waals surface area contributed by atoms with Gasteiger partial charge in [-0.05, 0) is 62.8 Å². The van der Waals surface area contributed by atoms with Crippen LogP contribution in [0, 0.1) is 0 Å². The van der Waals surface area contributed by atoms with Crippen molar-refractivity contribution in [3.05, 3.63) is 70.1 Å². The van der Waals surface area contributed by atoms with E-state index in [9.17, 15) is 27.9 Å². The average Bonchev–Trinajstić information content (AvgIpc) is 3.33. The molecule has 1 aromatic heterocycles. The fraction of sp³-hybridized carbons (Fsp3) is 0.414. The van der Waals surface area contributed by atoms with Gasteiger partial charge in [0.25, 0.3) is 0 Å². The number of aryl methyl sites for hydroxylation is 1. The second-order valence-electron chi connectivity index (χ2n) is 9.81. The van der Waals surface area contributed by atoms with Gasteiger partial charge in [0.2, 0.25) is 11.8 Å². The number of hydrogen-bond donors (Lipinski definition) is 3. The van der Waals surface area contributed by atoms with E-state index in [1.165, 1.54) is 19.1 Å². The largest absolute Gasteiger partial charge is 0.480 e. The molecular formula is C29H34ClF3N4O4. The number of imidazole rings is 1. The number of nitrogens with zero attached hydrogens (tertiary/aromatic N) is 2. The minimum atomic E-state index is -4.62. The summed E-state index contributed by atoms with van der Waals surface area (Å²) in [6, 6.07) is 9.69. The minimum absolute atomic E-state index is 0.0445. The first kappa shape index (κ1) is 32.0. The predicted octanol–water partition coefficient (Wildman–Crippen LogP) is 5.56. The van der Waals surface area contributed by atoms with Crippen molar-refractivity contribution < 1.29 is 32.6 Å². The SMILES string of the molecule is CCn1cc(-c2ccc(CC(CCO)c3c(C(N)=O)ccc(OC(C)C(F)(F)F)c3Cl)cc2)nc1C(C)NC(C)=O. The van der Waals surface area contributed by atoms with Gasteiger partial charge in [-0.3, -0.25) is 9.59 Å². The molecule has 41 heavy (non-hydrogen) atoms. The molecule has 8 nitrogen and oxygen atoms in total. The highest BCUT2D eigenvalue weighted by Gasteiger charge is 2.39. The number of halogens is 4.